The monoisotopic (exact) mass is 576 g/mol. The number of imidazole rings is 1. The zero-order valence-corrected chi connectivity index (χ0v) is 24.1. The summed E-state index contributed by atoms with van der Waals surface area (Å²) in [6.07, 6.45) is 4.34. The number of hydrogen-bond acceptors (Lipinski definition) is 6. The summed E-state index contributed by atoms with van der Waals surface area (Å²) in [5.41, 5.74) is 1.69. The van der Waals surface area contributed by atoms with Gasteiger partial charge in [0.25, 0.3) is 5.91 Å². The fourth-order valence-electron chi connectivity index (χ4n) is 6.29. The van der Waals surface area contributed by atoms with Crippen molar-refractivity contribution in [1.82, 2.24) is 19.4 Å². The standard InChI is InChI=1S/C32H40N4O6/c1-41-18-19-42-22-32(40)15-9-8-14-27(32)36-23-33-28(29(36)25-12-6-3-7-13-25)30(37)35-17-16-34(31(38)39)21-26(35)20-24-10-4-2-5-11-24/h2-7,10-13,23,26-27,40H,8-9,14-22H2,1H3,(H,38,39)/t26-,27?,32?/m1/s1. The third kappa shape index (κ3) is 6.51. The predicted octanol–water partition coefficient (Wildman–Crippen LogP) is 4.11. The van der Waals surface area contributed by atoms with Crippen molar-refractivity contribution in [2.24, 2.45) is 0 Å². The largest absolute Gasteiger partial charge is 0.465 e. The number of piperazine rings is 1. The molecule has 2 unspecified atom stereocenters. The summed E-state index contributed by atoms with van der Waals surface area (Å²) in [6.45, 7) is 1.71. The molecule has 5 rings (SSSR count). The molecule has 10 heteroatoms. The van der Waals surface area contributed by atoms with E-state index >= 15 is 0 Å². The summed E-state index contributed by atoms with van der Waals surface area (Å²) in [7, 11) is 1.61. The number of carboxylic acid groups (broad SMARTS) is 1. The molecule has 42 heavy (non-hydrogen) atoms. The lowest BCUT2D eigenvalue weighted by molar-refractivity contribution is -0.104. The van der Waals surface area contributed by atoms with Gasteiger partial charge in [-0.2, -0.15) is 0 Å². The number of aliphatic hydroxyl groups is 1. The Kier molecular flexibility index (Phi) is 9.56. The molecule has 1 aliphatic heterocycles. The zero-order chi connectivity index (χ0) is 29.5. The van der Waals surface area contributed by atoms with Crippen LogP contribution < -0.4 is 0 Å². The highest BCUT2D eigenvalue weighted by Crippen LogP contribution is 2.41. The number of amides is 2. The summed E-state index contributed by atoms with van der Waals surface area (Å²) in [5, 5.41) is 21.6. The number of methoxy groups -OCH3 is 1. The van der Waals surface area contributed by atoms with E-state index in [2.05, 4.69) is 4.98 Å². The quantitative estimate of drug-likeness (QED) is 0.349. The molecule has 2 fully saturated rings. The molecule has 1 aliphatic carbocycles. The van der Waals surface area contributed by atoms with Crippen molar-refractivity contribution in [3.8, 4) is 11.3 Å². The van der Waals surface area contributed by atoms with Gasteiger partial charge in [0.2, 0.25) is 0 Å². The van der Waals surface area contributed by atoms with E-state index in [1.54, 1.807) is 18.3 Å². The molecule has 3 aromatic rings. The summed E-state index contributed by atoms with van der Waals surface area (Å²) >= 11 is 0. The Morgan fingerprint density at radius 2 is 1.76 bits per heavy atom. The van der Waals surface area contributed by atoms with Gasteiger partial charge in [0, 0.05) is 32.3 Å². The lowest BCUT2D eigenvalue weighted by atomic mass is 9.80. The molecule has 10 nitrogen and oxygen atoms in total. The van der Waals surface area contributed by atoms with Crippen LogP contribution in [0, 0.1) is 0 Å². The minimum Gasteiger partial charge on any atom is -0.465 e. The third-order valence-electron chi connectivity index (χ3n) is 8.45. The van der Waals surface area contributed by atoms with Gasteiger partial charge in [0.15, 0.2) is 5.69 Å². The SMILES string of the molecule is COCCOCC1(O)CCCCC1n1cnc(C(=O)N2CCN(C(=O)O)C[C@H]2Cc2ccccc2)c1-c1ccccc1. The predicted molar refractivity (Wildman–Crippen MR) is 157 cm³/mol. The molecule has 1 saturated heterocycles. The Morgan fingerprint density at radius 3 is 2.48 bits per heavy atom. The number of hydrogen-bond donors (Lipinski definition) is 2. The number of benzene rings is 2. The van der Waals surface area contributed by atoms with Gasteiger partial charge in [-0.25, -0.2) is 9.78 Å². The van der Waals surface area contributed by atoms with Crippen molar-refractivity contribution in [3.05, 3.63) is 78.2 Å². The first kappa shape index (κ1) is 29.8. The first-order valence-electron chi connectivity index (χ1n) is 14.7. The van der Waals surface area contributed by atoms with Crippen molar-refractivity contribution in [1.29, 1.82) is 0 Å². The molecule has 0 bridgehead atoms. The molecule has 0 spiro atoms. The molecule has 2 heterocycles. The van der Waals surface area contributed by atoms with Crippen molar-refractivity contribution < 1.29 is 29.3 Å². The van der Waals surface area contributed by atoms with Gasteiger partial charge in [-0.3, -0.25) is 4.79 Å². The Labute approximate surface area is 246 Å². The molecule has 2 aliphatic rings. The molecule has 224 valence electrons. The van der Waals surface area contributed by atoms with Crippen molar-refractivity contribution >= 4 is 12.0 Å². The van der Waals surface area contributed by atoms with Crippen LogP contribution >= 0.6 is 0 Å². The minimum atomic E-state index is -1.13. The molecule has 0 radical (unpaired) electrons. The fourth-order valence-corrected chi connectivity index (χ4v) is 6.29. The van der Waals surface area contributed by atoms with Crippen LogP contribution in [0.25, 0.3) is 11.3 Å². The maximum Gasteiger partial charge on any atom is 0.407 e. The topological polar surface area (TPSA) is 117 Å². The number of aromatic nitrogens is 2. The molecule has 3 atom stereocenters. The van der Waals surface area contributed by atoms with Crippen molar-refractivity contribution in [2.45, 2.75) is 49.8 Å². The molecule has 2 amide bonds. The van der Waals surface area contributed by atoms with Crippen molar-refractivity contribution in [2.75, 3.05) is 46.6 Å². The highest BCUT2D eigenvalue weighted by molar-refractivity contribution is 5.98. The maximum absolute atomic E-state index is 14.4. The van der Waals surface area contributed by atoms with E-state index in [0.29, 0.717) is 37.4 Å². The first-order valence-corrected chi connectivity index (χ1v) is 14.7. The van der Waals surface area contributed by atoms with Crippen LogP contribution in [0.2, 0.25) is 0 Å². The normalized spacial score (nSPS) is 22.7. The second-order valence-electron chi connectivity index (χ2n) is 11.2. The number of nitrogens with zero attached hydrogens (tertiary/aromatic N) is 4. The van der Waals surface area contributed by atoms with E-state index in [-0.39, 0.29) is 44.2 Å². The van der Waals surface area contributed by atoms with Crippen molar-refractivity contribution in [3.63, 3.8) is 0 Å². The van der Waals surface area contributed by atoms with Gasteiger partial charge in [0.1, 0.15) is 5.60 Å². The van der Waals surface area contributed by atoms with Crippen LogP contribution in [0.4, 0.5) is 4.79 Å². The van der Waals surface area contributed by atoms with Crippen LogP contribution in [0.3, 0.4) is 0 Å². The molecule has 2 aromatic carbocycles. The molecule has 1 aromatic heterocycles. The van der Waals surface area contributed by atoms with Crippen LogP contribution in [-0.4, -0.2) is 99.8 Å². The average molecular weight is 577 g/mol. The summed E-state index contributed by atoms with van der Waals surface area (Å²) in [6, 6.07) is 18.8. The van der Waals surface area contributed by atoms with Crippen LogP contribution in [-0.2, 0) is 15.9 Å². The molecule has 2 N–H and O–H groups in total. The molecular formula is C32H40N4O6. The molecular weight excluding hydrogens is 536 g/mol. The van der Waals surface area contributed by atoms with Gasteiger partial charge >= 0.3 is 6.09 Å². The zero-order valence-electron chi connectivity index (χ0n) is 24.1. The van der Waals surface area contributed by atoms with Gasteiger partial charge in [-0.05, 0) is 24.8 Å². The second kappa shape index (κ2) is 13.5. The summed E-state index contributed by atoms with van der Waals surface area (Å²) < 4.78 is 12.9. The molecule has 1 saturated carbocycles. The smallest absolute Gasteiger partial charge is 0.407 e. The van der Waals surface area contributed by atoms with Gasteiger partial charge in [-0.15, -0.1) is 0 Å². The van der Waals surface area contributed by atoms with Crippen LogP contribution in [0.15, 0.2) is 67.0 Å². The van der Waals surface area contributed by atoms with E-state index in [4.69, 9.17) is 9.47 Å². The summed E-state index contributed by atoms with van der Waals surface area (Å²) in [4.78, 5) is 34.0. The Hall–Kier alpha value is -3.73. The first-order chi connectivity index (χ1) is 20.4. The maximum atomic E-state index is 14.4. The Bertz CT molecular complexity index is 1330. The van der Waals surface area contributed by atoms with Crippen LogP contribution in [0.5, 0.6) is 0 Å². The summed E-state index contributed by atoms with van der Waals surface area (Å²) in [5.74, 6) is -0.241. The van der Waals surface area contributed by atoms with E-state index in [9.17, 15) is 19.8 Å². The van der Waals surface area contributed by atoms with E-state index in [1.807, 2.05) is 65.2 Å². The highest BCUT2D eigenvalue weighted by atomic mass is 16.5. The van der Waals surface area contributed by atoms with Gasteiger partial charge < -0.3 is 34.1 Å². The average Bonchev–Trinajstić information content (AvgIpc) is 3.45. The number of carbonyl (C=O) groups excluding carboxylic acids is 1. The van der Waals surface area contributed by atoms with E-state index < -0.39 is 11.7 Å². The van der Waals surface area contributed by atoms with Gasteiger partial charge in [-0.1, -0.05) is 73.5 Å². The lowest BCUT2D eigenvalue weighted by Crippen LogP contribution is -2.57. The minimum absolute atomic E-state index is 0.160. The Morgan fingerprint density at radius 1 is 1.02 bits per heavy atom. The highest BCUT2D eigenvalue weighted by Gasteiger charge is 2.43. The van der Waals surface area contributed by atoms with Gasteiger partial charge in [0.05, 0.1) is 43.9 Å². The Balaban J connectivity index is 1.50. The second-order valence-corrected chi connectivity index (χ2v) is 11.2. The van der Waals surface area contributed by atoms with E-state index in [1.165, 1.54) is 4.90 Å². The number of carbonyl (C=O) groups is 2. The van der Waals surface area contributed by atoms with E-state index in [0.717, 1.165) is 30.4 Å². The third-order valence-corrected chi connectivity index (χ3v) is 8.45. The number of ether oxygens (including phenoxy) is 2. The lowest BCUT2D eigenvalue weighted by Gasteiger charge is -2.41. The fraction of sp³-hybridized carbons (Fsp3) is 0.469. The van der Waals surface area contributed by atoms with Crippen LogP contribution in [0.1, 0.15) is 47.8 Å². The number of rotatable bonds is 10.